The van der Waals surface area contributed by atoms with Gasteiger partial charge in [-0.3, -0.25) is 10.1 Å². The van der Waals surface area contributed by atoms with Gasteiger partial charge in [-0.05, 0) is 13.0 Å². The van der Waals surface area contributed by atoms with Crippen LogP contribution in [0.3, 0.4) is 0 Å². The Morgan fingerprint density at radius 3 is 2.90 bits per heavy atom. The highest BCUT2D eigenvalue weighted by molar-refractivity contribution is 5.80. The zero-order valence-electron chi connectivity index (χ0n) is 5.78. The minimum atomic E-state index is -0.130. The third kappa shape index (κ3) is 1.15. The molecule has 0 aromatic carbocycles. The number of nitrogens with two attached hydrogens (primary N) is 1. The molecule has 1 aromatic heterocycles. The number of hydrogen-bond acceptors (Lipinski definition) is 2. The number of amidine groups is 1. The van der Waals surface area contributed by atoms with E-state index in [0.29, 0.717) is 0 Å². The SMILES string of the molecule is CC(C(=N)N)n1cccn1. The van der Waals surface area contributed by atoms with Crippen LogP contribution in [0, 0.1) is 5.41 Å². The Morgan fingerprint density at radius 2 is 2.50 bits per heavy atom. The van der Waals surface area contributed by atoms with Crippen molar-refractivity contribution < 1.29 is 0 Å². The second-order valence-electron chi connectivity index (χ2n) is 2.12. The Bertz CT molecular complexity index is 214. The van der Waals surface area contributed by atoms with Crippen molar-refractivity contribution in [1.82, 2.24) is 9.78 Å². The average Bonchev–Trinajstić information content (AvgIpc) is 2.36. The van der Waals surface area contributed by atoms with Crippen LogP contribution in [0.1, 0.15) is 13.0 Å². The predicted molar refractivity (Wildman–Crippen MR) is 38.9 cm³/mol. The van der Waals surface area contributed by atoms with Crippen molar-refractivity contribution in [2.75, 3.05) is 0 Å². The predicted octanol–water partition coefficient (Wildman–Crippen LogP) is 0.380. The third-order valence-electron chi connectivity index (χ3n) is 1.37. The van der Waals surface area contributed by atoms with Crippen molar-refractivity contribution in [3.63, 3.8) is 0 Å². The van der Waals surface area contributed by atoms with Crippen molar-refractivity contribution in [1.29, 1.82) is 5.41 Å². The number of rotatable bonds is 2. The van der Waals surface area contributed by atoms with Gasteiger partial charge < -0.3 is 5.73 Å². The summed E-state index contributed by atoms with van der Waals surface area (Å²) < 4.78 is 1.64. The maximum Gasteiger partial charge on any atom is 0.116 e. The Morgan fingerprint density at radius 1 is 1.80 bits per heavy atom. The molecule has 0 fully saturated rings. The van der Waals surface area contributed by atoms with E-state index in [1.165, 1.54) is 0 Å². The van der Waals surface area contributed by atoms with Gasteiger partial charge in [0.15, 0.2) is 0 Å². The van der Waals surface area contributed by atoms with E-state index in [-0.39, 0.29) is 11.9 Å². The topological polar surface area (TPSA) is 67.7 Å². The molecule has 1 aromatic rings. The fourth-order valence-electron chi connectivity index (χ4n) is 0.652. The van der Waals surface area contributed by atoms with Crippen molar-refractivity contribution in [2.45, 2.75) is 13.0 Å². The Hall–Kier alpha value is -1.32. The van der Waals surface area contributed by atoms with E-state index in [4.69, 9.17) is 11.1 Å². The van der Waals surface area contributed by atoms with Gasteiger partial charge in [0.05, 0.1) is 0 Å². The molecule has 0 aliphatic rings. The van der Waals surface area contributed by atoms with Crippen molar-refractivity contribution in [3.8, 4) is 0 Å². The van der Waals surface area contributed by atoms with E-state index in [0.717, 1.165) is 0 Å². The van der Waals surface area contributed by atoms with Gasteiger partial charge >= 0.3 is 0 Å². The molecule has 0 bridgehead atoms. The maximum atomic E-state index is 7.09. The number of hydrogen-bond donors (Lipinski definition) is 2. The molecule has 0 aliphatic heterocycles. The van der Waals surface area contributed by atoms with Gasteiger partial charge in [-0.2, -0.15) is 5.10 Å². The number of nitrogens with zero attached hydrogens (tertiary/aromatic N) is 2. The van der Waals surface area contributed by atoms with Gasteiger partial charge in [0.1, 0.15) is 11.9 Å². The lowest BCUT2D eigenvalue weighted by Crippen LogP contribution is -2.23. The Labute approximate surface area is 59.2 Å². The third-order valence-corrected chi connectivity index (χ3v) is 1.37. The van der Waals surface area contributed by atoms with Crippen LogP contribution in [0.25, 0.3) is 0 Å². The van der Waals surface area contributed by atoms with E-state index in [1.807, 2.05) is 6.92 Å². The molecule has 0 saturated carbocycles. The number of nitrogens with one attached hydrogen (secondary N) is 1. The maximum absolute atomic E-state index is 7.09. The lowest BCUT2D eigenvalue weighted by Gasteiger charge is -2.08. The van der Waals surface area contributed by atoms with E-state index >= 15 is 0 Å². The monoisotopic (exact) mass is 138 g/mol. The minimum absolute atomic E-state index is 0.128. The van der Waals surface area contributed by atoms with Crippen molar-refractivity contribution in [2.24, 2.45) is 5.73 Å². The molecule has 0 spiro atoms. The van der Waals surface area contributed by atoms with Crippen LogP contribution in [0.2, 0.25) is 0 Å². The second-order valence-corrected chi connectivity index (χ2v) is 2.12. The quantitative estimate of drug-likeness (QED) is 0.458. The highest BCUT2D eigenvalue weighted by Crippen LogP contribution is 2.00. The van der Waals surface area contributed by atoms with Gasteiger partial charge in [-0.15, -0.1) is 0 Å². The van der Waals surface area contributed by atoms with Crippen LogP contribution < -0.4 is 5.73 Å². The largest absolute Gasteiger partial charge is 0.386 e. The summed E-state index contributed by atoms with van der Waals surface area (Å²) >= 11 is 0. The molecule has 1 unspecified atom stereocenters. The smallest absolute Gasteiger partial charge is 0.116 e. The van der Waals surface area contributed by atoms with Gasteiger partial charge in [-0.1, -0.05) is 0 Å². The normalized spacial score (nSPS) is 12.9. The molecule has 1 atom stereocenters. The van der Waals surface area contributed by atoms with Crippen molar-refractivity contribution in [3.05, 3.63) is 18.5 Å². The molecule has 4 heteroatoms. The van der Waals surface area contributed by atoms with E-state index in [2.05, 4.69) is 5.10 Å². The van der Waals surface area contributed by atoms with Gasteiger partial charge in [0.2, 0.25) is 0 Å². The molecule has 4 nitrogen and oxygen atoms in total. The summed E-state index contributed by atoms with van der Waals surface area (Å²) in [5.74, 6) is 0.128. The van der Waals surface area contributed by atoms with E-state index in [1.54, 1.807) is 23.1 Å². The van der Waals surface area contributed by atoms with E-state index < -0.39 is 0 Å². The van der Waals surface area contributed by atoms with Crippen LogP contribution in [0.5, 0.6) is 0 Å². The summed E-state index contributed by atoms with van der Waals surface area (Å²) in [6.45, 7) is 1.83. The summed E-state index contributed by atoms with van der Waals surface area (Å²) in [7, 11) is 0. The van der Waals surface area contributed by atoms with Crippen LogP contribution in [0.15, 0.2) is 18.5 Å². The fraction of sp³-hybridized carbons (Fsp3) is 0.333. The zero-order chi connectivity index (χ0) is 7.56. The second kappa shape index (κ2) is 2.51. The summed E-state index contributed by atoms with van der Waals surface area (Å²) in [6, 6.07) is 1.68. The first-order chi connectivity index (χ1) is 4.72. The lowest BCUT2D eigenvalue weighted by atomic mass is 10.3. The molecule has 1 rings (SSSR count). The first kappa shape index (κ1) is 6.80. The molecule has 0 saturated heterocycles. The Balaban J connectivity index is 2.77. The average molecular weight is 138 g/mol. The fourth-order valence-corrected chi connectivity index (χ4v) is 0.652. The van der Waals surface area contributed by atoms with Gasteiger partial charge in [0.25, 0.3) is 0 Å². The van der Waals surface area contributed by atoms with Crippen LogP contribution in [-0.4, -0.2) is 15.6 Å². The molecule has 1 heterocycles. The molecular weight excluding hydrogens is 128 g/mol. The molecule has 0 aliphatic carbocycles. The highest BCUT2D eigenvalue weighted by Gasteiger charge is 2.05. The van der Waals surface area contributed by atoms with Crippen LogP contribution in [-0.2, 0) is 0 Å². The molecule has 0 amide bonds. The van der Waals surface area contributed by atoms with Crippen molar-refractivity contribution >= 4 is 5.84 Å². The molecule has 0 radical (unpaired) electrons. The molecular formula is C6H10N4. The summed E-state index contributed by atoms with van der Waals surface area (Å²) in [4.78, 5) is 0. The Kier molecular flexibility index (Phi) is 1.71. The lowest BCUT2D eigenvalue weighted by molar-refractivity contribution is 0.602. The summed E-state index contributed by atoms with van der Waals surface area (Å²) in [5.41, 5.74) is 5.25. The number of aromatic nitrogens is 2. The summed E-state index contributed by atoms with van der Waals surface area (Å²) in [6.07, 6.45) is 3.45. The zero-order valence-corrected chi connectivity index (χ0v) is 5.78. The molecule has 10 heavy (non-hydrogen) atoms. The standard InChI is InChI=1S/C6H10N4/c1-5(6(7)8)10-4-2-3-9-10/h2-5H,1H3,(H3,7,8). The molecule has 54 valence electrons. The van der Waals surface area contributed by atoms with Crippen LogP contribution >= 0.6 is 0 Å². The van der Waals surface area contributed by atoms with Gasteiger partial charge in [0, 0.05) is 12.4 Å². The highest BCUT2D eigenvalue weighted by atomic mass is 15.3. The van der Waals surface area contributed by atoms with E-state index in [9.17, 15) is 0 Å². The van der Waals surface area contributed by atoms with Crippen LogP contribution in [0.4, 0.5) is 0 Å². The first-order valence-corrected chi connectivity index (χ1v) is 3.05. The molecule has 3 N–H and O–H groups in total. The van der Waals surface area contributed by atoms with Gasteiger partial charge in [-0.25, -0.2) is 0 Å². The summed E-state index contributed by atoms with van der Waals surface area (Å²) in [5, 5.41) is 11.0. The first-order valence-electron chi connectivity index (χ1n) is 3.05. The minimum Gasteiger partial charge on any atom is -0.386 e.